The smallest absolute Gasteiger partial charge is 0.239 e. The molecule has 0 saturated heterocycles. The number of halogens is 1. The van der Waals surface area contributed by atoms with Crippen molar-refractivity contribution in [1.29, 1.82) is 0 Å². The van der Waals surface area contributed by atoms with Crippen LogP contribution in [0.5, 0.6) is 0 Å². The van der Waals surface area contributed by atoms with Crippen molar-refractivity contribution in [2.75, 3.05) is 5.32 Å². The number of carbonyl (C=O) groups is 2. The maximum atomic E-state index is 11.4. The van der Waals surface area contributed by atoms with Crippen LogP contribution in [0.2, 0.25) is 0 Å². The van der Waals surface area contributed by atoms with Gasteiger partial charge in [-0.25, -0.2) is 4.98 Å². The number of thiazole rings is 1. The third-order valence-electron chi connectivity index (χ3n) is 1.74. The molecule has 1 aromatic rings. The number of ketones is 1. The number of anilines is 1. The zero-order valence-corrected chi connectivity index (χ0v) is 10.8. The highest BCUT2D eigenvalue weighted by molar-refractivity contribution is 9.10. The van der Waals surface area contributed by atoms with E-state index < -0.39 is 0 Å². The first kappa shape index (κ1) is 12.3. The van der Waals surface area contributed by atoms with Crippen LogP contribution in [0.15, 0.2) is 5.38 Å². The van der Waals surface area contributed by atoms with Gasteiger partial charge >= 0.3 is 0 Å². The number of nitrogens with zero attached hydrogens (tertiary/aromatic N) is 1. The van der Waals surface area contributed by atoms with E-state index in [4.69, 9.17) is 0 Å². The van der Waals surface area contributed by atoms with E-state index in [9.17, 15) is 9.59 Å². The van der Waals surface area contributed by atoms with Crippen LogP contribution in [0.25, 0.3) is 0 Å². The van der Waals surface area contributed by atoms with Crippen molar-refractivity contribution < 1.29 is 9.59 Å². The molecule has 1 heterocycles. The molecule has 0 bridgehead atoms. The number of hydrogen-bond donors (Lipinski definition) is 1. The Morgan fingerprint density at radius 1 is 1.67 bits per heavy atom. The lowest BCUT2D eigenvalue weighted by Gasteiger charge is -2.04. The Morgan fingerprint density at radius 2 is 2.33 bits per heavy atom. The van der Waals surface area contributed by atoms with Gasteiger partial charge in [0.15, 0.2) is 10.9 Å². The normalized spacial score (nSPS) is 12.2. The van der Waals surface area contributed by atoms with E-state index in [1.807, 2.05) is 6.92 Å². The highest BCUT2D eigenvalue weighted by Crippen LogP contribution is 2.17. The number of carbonyl (C=O) groups excluding carboxylic acids is 2. The second-order valence-corrected chi connectivity index (χ2v) is 4.92. The van der Waals surface area contributed by atoms with Gasteiger partial charge in [0, 0.05) is 12.3 Å². The van der Waals surface area contributed by atoms with Crippen LogP contribution in [0, 0.1) is 0 Å². The molecule has 0 aliphatic carbocycles. The van der Waals surface area contributed by atoms with Crippen LogP contribution in [0.3, 0.4) is 0 Å². The largest absolute Gasteiger partial charge is 0.301 e. The number of hydrogen-bond acceptors (Lipinski definition) is 4. The predicted octanol–water partition coefficient (Wildman–Crippen LogP) is 2.46. The van der Waals surface area contributed by atoms with Crippen molar-refractivity contribution in [3.8, 4) is 0 Å². The van der Waals surface area contributed by atoms with Crippen molar-refractivity contribution >= 4 is 44.1 Å². The highest BCUT2D eigenvalue weighted by atomic mass is 79.9. The zero-order chi connectivity index (χ0) is 11.4. The molecule has 0 aliphatic heterocycles. The lowest BCUT2D eigenvalue weighted by Crippen LogP contribution is -2.21. The van der Waals surface area contributed by atoms with Gasteiger partial charge in [0.1, 0.15) is 5.69 Å². The molecular formula is C9H11BrN2O2S. The molecule has 1 amide bonds. The van der Waals surface area contributed by atoms with E-state index in [-0.39, 0.29) is 16.5 Å². The van der Waals surface area contributed by atoms with E-state index in [1.165, 1.54) is 18.3 Å². The Balaban J connectivity index is 2.65. The monoisotopic (exact) mass is 290 g/mol. The summed E-state index contributed by atoms with van der Waals surface area (Å²) in [5.74, 6) is -0.236. The van der Waals surface area contributed by atoms with Gasteiger partial charge in [-0.15, -0.1) is 11.3 Å². The molecule has 6 heteroatoms. The van der Waals surface area contributed by atoms with Gasteiger partial charge in [0.25, 0.3) is 0 Å². The first-order valence-corrected chi connectivity index (χ1v) is 6.25. The second kappa shape index (κ2) is 5.37. The minimum Gasteiger partial charge on any atom is -0.301 e. The van der Waals surface area contributed by atoms with E-state index >= 15 is 0 Å². The van der Waals surface area contributed by atoms with Gasteiger partial charge in [0.2, 0.25) is 5.91 Å². The van der Waals surface area contributed by atoms with E-state index in [2.05, 4.69) is 26.2 Å². The minimum absolute atomic E-state index is 0.0994. The highest BCUT2D eigenvalue weighted by Gasteiger charge is 2.14. The number of Topliss-reactive ketones (excluding diaryl/α,β-unsaturated/α-hetero) is 1. The third-order valence-corrected chi connectivity index (χ3v) is 3.56. The Kier molecular flexibility index (Phi) is 4.41. The molecule has 0 radical (unpaired) electrons. The van der Waals surface area contributed by atoms with Crippen molar-refractivity contribution in [1.82, 2.24) is 4.98 Å². The van der Waals surface area contributed by atoms with Crippen LogP contribution >= 0.6 is 27.3 Å². The maximum absolute atomic E-state index is 11.4. The number of nitrogens with one attached hydrogen (secondary N) is 1. The first-order valence-electron chi connectivity index (χ1n) is 4.46. The van der Waals surface area contributed by atoms with Gasteiger partial charge < -0.3 is 5.32 Å². The Morgan fingerprint density at radius 3 is 2.80 bits per heavy atom. The molecular weight excluding hydrogens is 280 g/mol. The Bertz CT molecular complexity index is 378. The van der Waals surface area contributed by atoms with Crippen molar-refractivity contribution in [2.24, 2.45) is 0 Å². The fourth-order valence-corrected chi connectivity index (χ4v) is 1.73. The standard InChI is InChI=1S/C9H11BrN2O2S/c1-3-6(10)8(14)12-9-11-7(4-15-9)5(2)13/h4,6H,3H2,1-2H3,(H,11,12,14). The topological polar surface area (TPSA) is 59.1 Å². The molecule has 1 aromatic heterocycles. The first-order chi connectivity index (χ1) is 7.04. The fourth-order valence-electron chi connectivity index (χ4n) is 0.862. The quantitative estimate of drug-likeness (QED) is 0.684. The molecule has 0 spiro atoms. The van der Waals surface area contributed by atoms with Crippen molar-refractivity contribution in [3.05, 3.63) is 11.1 Å². The zero-order valence-electron chi connectivity index (χ0n) is 8.41. The number of rotatable bonds is 4. The molecule has 4 nitrogen and oxygen atoms in total. The molecule has 1 atom stereocenters. The second-order valence-electron chi connectivity index (χ2n) is 2.96. The van der Waals surface area contributed by atoms with E-state index in [0.29, 0.717) is 17.2 Å². The van der Waals surface area contributed by atoms with Crippen LogP contribution in [-0.2, 0) is 4.79 Å². The predicted molar refractivity (Wildman–Crippen MR) is 63.8 cm³/mol. The Hall–Kier alpha value is -0.750. The summed E-state index contributed by atoms with van der Waals surface area (Å²) in [6, 6.07) is 0. The number of alkyl halides is 1. The number of amides is 1. The van der Waals surface area contributed by atoms with Gasteiger partial charge in [-0.05, 0) is 6.42 Å². The molecule has 0 saturated carbocycles. The lowest BCUT2D eigenvalue weighted by molar-refractivity contribution is -0.115. The van der Waals surface area contributed by atoms with Gasteiger partial charge in [-0.1, -0.05) is 22.9 Å². The summed E-state index contributed by atoms with van der Waals surface area (Å²) < 4.78 is 0. The SMILES string of the molecule is CCC(Br)C(=O)Nc1nc(C(C)=O)cs1. The molecule has 0 aliphatic rings. The fraction of sp³-hybridized carbons (Fsp3) is 0.444. The van der Waals surface area contributed by atoms with Crippen LogP contribution in [-0.4, -0.2) is 21.5 Å². The molecule has 15 heavy (non-hydrogen) atoms. The average molecular weight is 291 g/mol. The van der Waals surface area contributed by atoms with Crippen LogP contribution in [0.4, 0.5) is 5.13 Å². The maximum Gasteiger partial charge on any atom is 0.239 e. The summed E-state index contributed by atoms with van der Waals surface area (Å²) in [7, 11) is 0. The van der Waals surface area contributed by atoms with Crippen molar-refractivity contribution in [3.63, 3.8) is 0 Å². The summed E-state index contributed by atoms with van der Waals surface area (Å²) in [5.41, 5.74) is 0.387. The molecule has 1 unspecified atom stereocenters. The lowest BCUT2D eigenvalue weighted by atomic mass is 10.3. The average Bonchev–Trinajstić information content (AvgIpc) is 2.65. The molecule has 1 N–H and O–H groups in total. The van der Waals surface area contributed by atoms with Gasteiger partial charge in [-0.2, -0.15) is 0 Å². The number of aromatic nitrogens is 1. The van der Waals surface area contributed by atoms with Crippen LogP contribution < -0.4 is 5.32 Å². The third kappa shape index (κ3) is 3.39. The van der Waals surface area contributed by atoms with Crippen LogP contribution in [0.1, 0.15) is 30.8 Å². The summed E-state index contributed by atoms with van der Waals surface area (Å²) in [6.07, 6.45) is 0.705. The van der Waals surface area contributed by atoms with Gasteiger partial charge in [0.05, 0.1) is 4.83 Å². The van der Waals surface area contributed by atoms with Gasteiger partial charge in [-0.3, -0.25) is 9.59 Å². The van der Waals surface area contributed by atoms with Crippen molar-refractivity contribution in [2.45, 2.75) is 25.1 Å². The summed E-state index contributed by atoms with van der Waals surface area (Å²) in [4.78, 5) is 26.2. The van der Waals surface area contributed by atoms with E-state index in [1.54, 1.807) is 5.38 Å². The molecule has 82 valence electrons. The molecule has 0 aromatic carbocycles. The van der Waals surface area contributed by atoms with E-state index in [0.717, 1.165) is 0 Å². The molecule has 0 fully saturated rings. The summed E-state index contributed by atoms with van der Waals surface area (Å²) in [6.45, 7) is 3.35. The Labute approximate surface area is 100 Å². The summed E-state index contributed by atoms with van der Waals surface area (Å²) in [5, 5.41) is 4.73. The molecule has 1 rings (SSSR count). The summed E-state index contributed by atoms with van der Waals surface area (Å²) >= 11 is 4.48. The minimum atomic E-state index is -0.220.